The van der Waals surface area contributed by atoms with Crippen molar-refractivity contribution in [3.63, 3.8) is 0 Å². The van der Waals surface area contributed by atoms with E-state index >= 15 is 0 Å². The van der Waals surface area contributed by atoms with Gasteiger partial charge in [-0.25, -0.2) is 8.42 Å². The summed E-state index contributed by atoms with van der Waals surface area (Å²) < 4.78 is 26.6. The maximum absolute atomic E-state index is 12.5. The van der Waals surface area contributed by atoms with Gasteiger partial charge < -0.3 is 4.90 Å². The smallest absolute Gasteiger partial charge is 0.245 e. The van der Waals surface area contributed by atoms with Crippen LogP contribution in [0, 0.1) is 11.3 Å². The van der Waals surface area contributed by atoms with Crippen molar-refractivity contribution in [2.24, 2.45) is 0 Å². The molecule has 0 unspecified atom stereocenters. The van der Waals surface area contributed by atoms with Gasteiger partial charge in [0, 0.05) is 45.3 Å². The molecular weight excluding hydrogens is 320 g/mol. The van der Waals surface area contributed by atoms with Crippen LogP contribution in [-0.4, -0.2) is 74.4 Å². The maximum Gasteiger partial charge on any atom is 0.245 e. The van der Waals surface area contributed by atoms with E-state index in [0.717, 1.165) is 32.7 Å². The molecule has 0 aromatic carbocycles. The number of likely N-dealkylation sites (N-methyl/N-ethyl adjacent to an activating group) is 1. The van der Waals surface area contributed by atoms with E-state index in [2.05, 4.69) is 16.7 Å². The van der Waals surface area contributed by atoms with Crippen molar-refractivity contribution >= 4 is 21.4 Å². The van der Waals surface area contributed by atoms with Crippen molar-refractivity contribution in [2.45, 2.75) is 17.9 Å². The lowest BCUT2D eigenvalue weighted by Gasteiger charge is -2.47. The number of hydrogen-bond acceptors (Lipinski definition) is 6. The monoisotopic (exact) mass is 340 g/mol. The van der Waals surface area contributed by atoms with Gasteiger partial charge in [0.15, 0.2) is 0 Å². The number of thiophene rings is 1. The minimum atomic E-state index is -3.50. The van der Waals surface area contributed by atoms with Crippen molar-refractivity contribution in [2.75, 3.05) is 45.8 Å². The Morgan fingerprint density at radius 2 is 2.00 bits per heavy atom. The standard InChI is InChI=1S/C14H20N4O2S2/c1-2-16-4-6-17(7-5-16)12-10-18(11-12)22(19,20)14-3-8-21-13(14)9-15/h3,8,12H,2,4-7,10-11H2,1H3. The first-order valence-electron chi connectivity index (χ1n) is 7.50. The minimum absolute atomic E-state index is 0.161. The predicted octanol–water partition coefficient (Wildman–Crippen LogP) is 0.630. The lowest BCUT2D eigenvalue weighted by atomic mass is 10.1. The molecule has 0 amide bonds. The van der Waals surface area contributed by atoms with E-state index in [0.29, 0.717) is 19.1 Å². The summed E-state index contributed by atoms with van der Waals surface area (Å²) in [7, 11) is -3.50. The molecule has 1 aromatic heterocycles. The Hall–Kier alpha value is -0.980. The van der Waals surface area contributed by atoms with Crippen LogP contribution in [0.15, 0.2) is 16.3 Å². The molecule has 1 aromatic rings. The highest BCUT2D eigenvalue weighted by atomic mass is 32.2. The summed E-state index contributed by atoms with van der Waals surface area (Å²) in [5.41, 5.74) is 0. The van der Waals surface area contributed by atoms with Crippen LogP contribution >= 0.6 is 11.3 Å². The Morgan fingerprint density at radius 3 is 2.59 bits per heavy atom. The molecule has 0 spiro atoms. The Balaban J connectivity index is 1.60. The van der Waals surface area contributed by atoms with Crippen LogP contribution in [0.2, 0.25) is 0 Å². The second kappa shape index (κ2) is 6.26. The highest BCUT2D eigenvalue weighted by Crippen LogP contribution is 2.29. The van der Waals surface area contributed by atoms with Gasteiger partial charge in [0.25, 0.3) is 0 Å². The third-order valence-corrected chi connectivity index (χ3v) is 7.37. The first-order chi connectivity index (χ1) is 10.6. The van der Waals surface area contributed by atoms with Crippen LogP contribution in [0.1, 0.15) is 11.8 Å². The van der Waals surface area contributed by atoms with E-state index in [1.807, 2.05) is 6.07 Å². The topological polar surface area (TPSA) is 67.7 Å². The highest BCUT2D eigenvalue weighted by Gasteiger charge is 2.41. The van der Waals surface area contributed by atoms with Gasteiger partial charge >= 0.3 is 0 Å². The van der Waals surface area contributed by atoms with Gasteiger partial charge in [0.1, 0.15) is 15.8 Å². The maximum atomic E-state index is 12.5. The van der Waals surface area contributed by atoms with Crippen LogP contribution in [0.5, 0.6) is 0 Å². The molecule has 22 heavy (non-hydrogen) atoms. The van der Waals surface area contributed by atoms with Gasteiger partial charge in [0.05, 0.1) is 0 Å². The third-order valence-electron chi connectivity index (χ3n) is 4.55. The molecule has 2 saturated heterocycles. The average molecular weight is 340 g/mol. The van der Waals surface area contributed by atoms with Gasteiger partial charge in [-0.2, -0.15) is 9.57 Å². The Labute approximate surface area is 135 Å². The number of hydrogen-bond donors (Lipinski definition) is 0. The van der Waals surface area contributed by atoms with Gasteiger partial charge in [0.2, 0.25) is 10.0 Å². The molecule has 2 aliphatic heterocycles. The first-order valence-corrected chi connectivity index (χ1v) is 9.82. The molecule has 0 N–H and O–H groups in total. The van der Waals surface area contributed by atoms with E-state index in [-0.39, 0.29) is 9.77 Å². The molecule has 120 valence electrons. The van der Waals surface area contributed by atoms with E-state index in [9.17, 15) is 8.42 Å². The third kappa shape index (κ3) is 2.79. The second-order valence-electron chi connectivity index (χ2n) is 5.67. The number of sulfonamides is 1. The molecule has 6 nitrogen and oxygen atoms in total. The average Bonchev–Trinajstić information content (AvgIpc) is 2.95. The molecule has 0 radical (unpaired) electrons. The largest absolute Gasteiger partial charge is 0.301 e. The molecule has 8 heteroatoms. The lowest BCUT2D eigenvalue weighted by molar-refractivity contribution is 0.0425. The molecule has 0 aliphatic carbocycles. The summed E-state index contributed by atoms with van der Waals surface area (Å²) in [6.45, 7) is 8.45. The summed E-state index contributed by atoms with van der Waals surface area (Å²) in [6, 6.07) is 3.82. The number of rotatable bonds is 4. The Morgan fingerprint density at radius 1 is 1.32 bits per heavy atom. The Kier molecular flexibility index (Phi) is 4.52. The molecule has 3 rings (SSSR count). The fourth-order valence-electron chi connectivity index (χ4n) is 3.01. The van der Waals surface area contributed by atoms with Crippen molar-refractivity contribution < 1.29 is 8.42 Å². The highest BCUT2D eigenvalue weighted by molar-refractivity contribution is 7.89. The zero-order valence-corrected chi connectivity index (χ0v) is 14.2. The Bertz CT molecular complexity index is 665. The van der Waals surface area contributed by atoms with Crippen molar-refractivity contribution in [3.05, 3.63) is 16.3 Å². The zero-order chi connectivity index (χ0) is 15.7. The van der Waals surface area contributed by atoms with Gasteiger partial charge in [-0.1, -0.05) is 6.92 Å². The van der Waals surface area contributed by atoms with Gasteiger partial charge in [-0.05, 0) is 18.0 Å². The number of nitrogens with zero attached hydrogens (tertiary/aromatic N) is 4. The molecule has 2 aliphatic rings. The molecule has 0 bridgehead atoms. The van der Waals surface area contributed by atoms with Crippen molar-refractivity contribution in [1.82, 2.24) is 14.1 Å². The zero-order valence-electron chi connectivity index (χ0n) is 12.6. The lowest BCUT2D eigenvalue weighted by Crippen LogP contribution is -2.64. The van der Waals surface area contributed by atoms with E-state index in [1.54, 1.807) is 5.38 Å². The van der Waals surface area contributed by atoms with Gasteiger partial charge in [-0.3, -0.25) is 4.90 Å². The first kappa shape index (κ1) is 15.9. The van der Waals surface area contributed by atoms with Crippen LogP contribution in [0.4, 0.5) is 0 Å². The summed E-state index contributed by atoms with van der Waals surface area (Å²) in [5.74, 6) is 0. The summed E-state index contributed by atoms with van der Waals surface area (Å²) in [6.07, 6.45) is 0. The molecule has 0 atom stereocenters. The fraction of sp³-hybridized carbons (Fsp3) is 0.643. The molecule has 2 fully saturated rings. The van der Waals surface area contributed by atoms with Crippen LogP contribution in [-0.2, 0) is 10.0 Å². The molecule has 3 heterocycles. The summed E-state index contributed by atoms with van der Waals surface area (Å²) in [4.78, 5) is 5.24. The fourth-order valence-corrected chi connectivity index (χ4v) is 5.67. The summed E-state index contributed by atoms with van der Waals surface area (Å²) in [5, 5.41) is 10.7. The normalized spacial score (nSPS) is 22.4. The van der Waals surface area contributed by atoms with Gasteiger partial charge in [-0.15, -0.1) is 11.3 Å². The van der Waals surface area contributed by atoms with Crippen molar-refractivity contribution in [1.29, 1.82) is 5.26 Å². The van der Waals surface area contributed by atoms with E-state index in [4.69, 9.17) is 5.26 Å². The van der Waals surface area contributed by atoms with Crippen LogP contribution < -0.4 is 0 Å². The van der Waals surface area contributed by atoms with E-state index < -0.39 is 10.0 Å². The van der Waals surface area contributed by atoms with Crippen LogP contribution in [0.3, 0.4) is 0 Å². The van der Waals surface area contributed by atoms with Crippen molar-refractivity contribution in [3.8, 4) is 6.07 Å². The predicted molar refractivity (Wildman–Crippen MR) is 85.3 cm³/mol. The second-order valence-corrected chi connectivity index (χ2v) is 8.49. The minimum Gasteiger partial charge on any atom is -0.301 e. The molecular formula is C14H20N4O2S2. The SMILES string of the molecule is CCN1CCN(C2CN(S(=O)(=O)c3ccsc3C#N)C2)CC1. The summed E-state index contributed by atoms with van der Waals surface area (Å²) >= 11 is 1.18. The van der Waals surface area contributed by atoms with E-state index in [1.165, 1.54) is 21.7 Å². The number of piperazine rings is 1. The van der Waals surface area contributed by atoms with Crippen LogP contribution in [0.25, 0.3) is 0 Å². The number of nitriles is 1. The molecule has 0 saturated carbocycles. The quantitative estimate of drug-likeness (QED) is 0.804.